The zero-order chi connectivity index (χ0) is 16.3. The third kappa shape index (κ3) is 3.71. The highest BCUT2D eigenvalue weighted by atomic mass is 16.5. The summed E-state index contributed by atoms with van der Waals surface area (Å²) in [4.78, 5) is 4.07. The maximum Gasteiger partial charge on any atom is 0.222 e. The molecule has 0 radical (unpaired) electrons. The van der Waals surface area contributed by atoms with Gasteiger partial charge in [0.25, 0.3) is 0 Å². The molecule has 0 spiro atoms. The number of nitrogens with one attached hydrogen (secondary N) is 1. The fourth-order valence-electron chi connectivity index (χ4n) is 3.16. The molecule has 6 nitrogen and oxygen atoms in total. The first-order valence-corrected chi connectivity index (χ1v) is 8.11. The Morgan fingerprint density at radius 3 is 2.87 bits per heavy atom. The van der Waals surface area contributed by atoms with Crippen LogP contribution in [0.5, 0.6) is 11.6 Å². The molecule has 2 N–H and O–H groups in total. The van der Waals surface area contributed by atoms with Crippen LogP contribution in [0.2, 0.25) is 0 Å². The smallest absolute Gasteiger partial charge is 0.222 e. The Hall–Kier alpha value is -1.92. The van der Waals surface area contributed by atoms with Crippen LogP contribution in [-0.4, -0.2) is 32.0 Å². The van der Waals surface area contributed by atoms with Crippen molar-refractivity contribution < 1.29 is 9.84 Å². The Balaban J connectivity index is 1.69. The van der Waals surface area contributed by atoms with Crippen molar-refractivity contribution in [3.05, 3.63) is 35.8 Å². The van der Waals surface area contributed by atoms with Gasteiger partial charge in [-0.05, 0) is 31.9 Å². The highest BCUT2D eigenvalue weighted by molar-refractivity contribution is 5.34. The average molecular weight is 316 g/mol. The predicted molar refractivity (Wildman–Crippen MR) is 87.4 cm³/mol. The van der Waals surface area contributed by atoms with Crippen molar-refractivity contribution in [2.24, 2.45) is 7.05 Å². The van der Waals surface area contributed by atoms with E-state index in [-0.39, 0.29) is 0 Å². The Morgan fingerprint density at radius 2 is 2.17 bits per heavy atom. The SMILES string of the molecule is Cc1nn(C)c(Oc2cccnc2)c1CNCC1(O)CCCC1. The van der Waals surface area contributed by atoms with E-state index in [9.17, 15) is 5.11 Å². The average Bonchev–Trinajstić information content (AvgIpc) is 3.07. The zero-order valence-corrected chi connectivity index (χ0v) is 13.7. The van der Waals surface area contributed by atoms with Crippen LogP contribution in [0.15, 0.2) is 24.5 Å². The molecule has 1 fully saturated rings. The van der Waals surface area contributed by atoms with E-state index in [0.29, 0.717) is 24.7 Å². The summed E-state index contributed by atoms with van der Waals surface area (Å²) < 4.78 is 7.68. The first-order valence-electron chi connectivity index (χ1n) is 8.11. The van der Waals surface area contributed by atoms with Crippen molar-refractivity contribution >= 4 is 0 Å². The molecule has 2 aromatic rings. The number of ether oxygens (including phenoxy) is 1. The van der Waals surface area contributed by atoms with Gasteiger partial charge in [-0.3, -0.25) is 4.98 Å². The van der Waals surface area contributed by atoms with Crippen LogP contribution in [0.3, 0.4) is 0 Å². The molecule has 23 heavy (non-hydrogen) atoms. The summed E-state index contributed by atoms with van der Waals surface area (Å²) in [6, 6.07) is 3.71. The number of nitrogens with zero attached hydrogens (tertiary/aromatic N) is 3. The Bertz CT molecular complexity index is 648. The van der Waals surface area contributed by atoms with Crippen LogP contribution >= 0.6 is 0 Å². The fourth-order valence-corrected chi connectivity index (χ4v) is 3.16. The summed E-state index contributed by atoms with van der Waals surface area (Å²) >= 11 is 0. The van der Waals surface area contributed by atoms with Gasteiger partial charge in [-0.15, -0.1) is 0 Å². The van der Waals surface area contributed by atoms with Crippen LogP contribution in [0.1, 0.15) is 36.9 Å². The lowest BCUT2D eigenvalue weighted by molar-refractivity contribution is 0.0474. The maximum atomic E-state index is 10.4. The Labute approximate surface area is 136 Å². The molecule has 0 aromatic carbocycles. The summed E-state index contributed by atoms with van der Waals surface area (Å²) in [5.41, 5.74) is 1.38. The quantitative estimate of drug-likeness (QED) is 0.855. The standard InChI is InChI=1S/C17H24N4O2/c1-13-15(11-19-12-17(22)7-3-4-8-17)16(21(2)20-13)23-14-6-5-9-18-10-14/h5-6,9-10,19,22H,3-4,7-8,11-12H2,1-2H3. The molecule has 1 saturated carbocycles. The van der Waals surface area contributed by atoms with E-state index in [0.717, 1.165) is 36.9 Å². The van der Waals surface area contributed by atoms with Crippen LogP contribution in [0, 0.1) is 6.92 Å². The zero-order valence-electron chi connectivity index (χ0n) is 13.7. The maximum absolute atomic E-state index is 10.4. The molecule has 2 aromatic heterocycles. The molecule has 124 valence electrons. The second-order valence-corrected chi connectivity index (χ2v) is 6.32. The van der Waals surface area contributed by atoms with E-state index in [1.165, 1.54) is 0 Å². The highest BCUT2D eigenvalue weighted by Crippen LogP contribution is 2.30. The molecule has 3 rings (SSSR count). The second kappa shape index (κ2) is 6.68. The molecule has 0 bridgehead atoms. The molecule has 0 amide bonds. The minimum Gasteiger partial charge on any atom is -0.437 e. The van der Waals surface area contributed by atoms with Gasteiger partial charge in [0.1, 0.15) is 5.75 Å². The molecule has 0 saturated heterocycles. The molecule has 6 heteroatoms. The van der Waals surface area contributed by atoms with Crippen molar-refractivity contribution in [3.63, 3.8) is 0 Å². The van der Waals surface area contributed by atoms with Gasteiger partial charge in [0, 0.05) is 26.3 Å². The molecular weight excluding hydrogens is 292 g/mol. The van der Waals surface area contributed by atoms with Gasteiger partial charge in [0.15, 0.2) is 0 Å². The number of pyridine rings is 1. The number of aryl methyl sites for hydroxylation is 2. The summed E-state index contributed by atoms with van der Waals surface area (Å²) in [7, 11) is 1.87. The van der Waals surface area contributed by atoms with E-state index in [1.807, 2.05) is 26.1 Å². The third-order valence-electron chi connectivity index (χ3n) is 4.43. The molecule has 0 atom stereocenters. The Kier molecular flexibility index (Phi) is 4.63. The van der Waals surface area contributed by atoms with Crippen LogP contribution < -0.4 is 10.1 Å². The first kappa shape index (κ1) is 16.0. The molecule has 1 aliphatic carbocycles. The monoisotopic (exact) mass is 316 g/mol. The van der Waals surface area contributed by atoms with Gasteiger partial charge in [-0.25, -0.2) is 4.68 Å². The molecule has 1 aliphatic rings. The lowest BCUT2D eigenvalue weighted by Gasteiger charge is -2.22. The number of hydrogen-bond acceptors (Lipinski definition) is 5. The number of hydrogen-bond donors (Lipinski definition) is 2. The normalized spacial score (nSPS) is 16.7. The lowest BCUT2D eigenvalue weighted by Crippen LogP contribution is -2.37. The third-order valence-corrected chi connectivity index (χ3v) is 4.43. The van der Waals surface area contributed by atoms with Gasteiger partial charge in [0.05, 0.1) is 23.1 Å². The second-order valence-electron chi connectivity index (χ2n) is 6.32. The van der Waals surface area contributed by atoms with Gasteiger partial charge in [0.2, 0.25) is 5.88 Å². The van der Waals surface area contributed by atoms with Crippen LogP contribution in [-0.2, 0) is 13.6 Å². The molecular formula is C17H24N4O2. The summed E-state index contributed by atoms with van der Waals surface area (Å²) in [5.74, 6) is 1.40. The topological polar surface area (TPSA) is 72.2 Å². The highest BCUT2D eigenvalue weighted by Gasteiger charge is 2.30. The van der Waals surface area contributed by atoms with Gasteiger partial charge in [-0.1, -0.05) is 12.8 Å². The summed E-state index contributed by atoms with van der Waals surface area (Å²) in [5, 5.41) is 18.2. The number of rotatable bonds is 6. The van der Waals surface area contributed by atoms with Gasteiger partial charge in [-0.2, -0.15) is 5.10 Å². The van der Waals surface area contributed by atoms with Crippen molar-refractivity contribution in [2.75, 3.05) is 6.54 Å². The van der Waals surface area contributed by atoms with E-state index in [4.69, 9.17) is 4.74 Å². The number of aromatic nitrogens is 3. The van der Waals surface area contributed by atoms with E-state index in [1.54, 1.807) is 17.1 Å². The largest absolute Gasteiger partial charge is 0.437 e. The summed E-state index contributed by atoms with van der Waals surface area (Å²) in [6.45, 7) is 3.20. The van der Waals surface area contributed by atoms with Crippen LogP contribution in [0.25, 0.3) is 0 Å². The van der Waals surface area contributed by atoms with E-state index >= 15 is 0 Å². The minimum atomic E-state index is -0.555. The van der Waals surface area contributed by atoms with Crippen molar-refractivity contribution in [2.45, 2.75) is 44.8 Å². The fraction of sp³-hybridized carbons (Fsp3) is 0.529. The van der Waals surface area contributed by atoms with Gasteiger partial charge < -0.3 is 15.2 Å². The minimum absolute atomic E-state index is 0.555. The van der Waals surface area contributed by atoms with E-state index < -0.39 is 5.60 Å². The van der Waals surface area contributed by atoms with Crippen molar-refractivity contribution in [3.8, 4) is 11.6 Å². The van der Waals surface area contributed by atoms with Crippen molar-refractivity contribution in [1.29, 1.82) is 0 Å². The number of aliphatic hydroxyl groups is 1. The molecule has 0 unspecified atom stereocenters. The Morgan fingerprint density at radius 1 is 1.39 bits per heavy atom. The predicted octanol–water partition coefficient (Wildman–Crippen LogP) is 2.31. The van der Waals surface area contributed by atoms with Gasteiger partial charge >= 0.3 is 0 Å². The van der Waals surface area contributed by atoms with Crippen molar-refractivity contribution in [1.82, 2.24) is 20.1 Å². The molecule has 2 heterocycles. The lowest BCUT2D eigenvalue weighted by atomic mass is 10.0. The summed E-state index contributed by atoms with van der Waals surface area (Å²) in [6.07, 6.45) is 7.38. The first-order chi connectivity index (χ1) is 11.1. The molecule has 0 aliphatic heterocycles. The van der Waals surface area contributed by atoms with E-state index in [2.05, 4.69) is 15.4 Å². The van der Waals surface area contributed by atoms with Crippen LogP contribution in [0.4, 0.5) is 0 Å².